The second kappa shape index (κ2) is 10.3. The third-order valence-electron chi connectivity index (χ3n) is 5.05. The molecule has 0 unspecified atom stereocenters. The van der Waals surface area contributed by atoms with Crippen LogP contribution in [0.15, 0.2) is 85.3 Å². The van der Waals surface area contributed by atoms with Crippen LogP contribution in [0.5, 0.6) is 5.75 Å². The Morgan fingerprint density at radius 3 is 2.56 bits per heavy atom. The number of benzene rings is 3. The van der Waals surface area contributed by atoms with E-state index in [9.17, 15) is 4.79 Å². The van der Waals surface area contributed by atoms with E-state index in [-0.39, 0.29) is 12.3 Å². The number of hydrogen-bond donors (Lipinski definition) is 4. The van der Waals surface area contributed by atoms with E-state index >= 15 is 0 Å². The fourth-order valence-electron chi connectivity index (χ4n) is 3.41. The van der Waals surface area contributed by atoms with Gasteiger partial charge in [0.15, 0.2) is 0 Å². The molecule has 4 rings (SSSR count). The standard InChI is InChI=1S/C25H24N4O3/c30-25(15-19-5-1-3-7-22(19)29-31)28-20-11-9-18(10-12-20)13-14-32-24-8-4-2-6-21(24)23-16-26-17-27-23/h1-12,16-17,29,31H,13-15H2,(H,26,27)(H,28,30). The quantitative estimate of drug-likeness (QED) is 0.290. The number of nitrogens with one attached hydrogen (secondary N) is 3. The van der Waals surface area contributed by atoms with Gasteiger partial charge in [-0.2, -0.15) is 0 Å². The van der Waals surface area contributed by atoms with E-state index in [1.54, 1.807) is 30.7 Å². The molecule has 0 fully saturated rings. The fourth-order valence-corrected chi connectivity index (χ4v) is 3.41. The van der Waals surface area contributed by atoms with Crippen molar-refractivity contribution >= 4 is 17.3 Å². The van der Waals surface area contributed by atoms with Crippen LogP contribution < -0.4 is 15.5 Å². The summed E-state index contributed by atoms with van der Waals surface area (Å²) in [7, 11) is 0. The van der Waals surface area contributed by atoms with Gasteiger partial charge in [0, 0.05) is 17.7 Å². The molecule has 0 spiro atoms. The third kappa shape index (κ3) is 5.33. The maximum atomic E-state index is 12.3. The number of carbonyl (C=O) groups excluding carboxylic acids is 1. The molecule has 1 amide bonds. The molecule has 0 bridgehead atoms. The van der Waals surface area contributed by atoms with Crippen molar-refractivity contribution in [2.24, 2.45) is 0 Å². The maximum Gasteiger partial charge on any atom is 0.228 e. The maximum absolute atomic E-state index is 12.3. The summed E-state index contributed by atoms with van der Waals surface area (Å²) in [6, 6.07) is 22.7. The molecule has 4 N–H and O–H groups in total. The van der Waals surface area contributed by atoms with E-state index in [4.69, 9.17) is 9.94 Å². The Morgan fingerprint density at radius 1 is 1.00 bits per heavy atom. The fraction of sp³-hybridized carbons (Fsp3) is 0.120. The van der Waals surface area contributed by atoms with Crippen molar-refractivity contribution in [1.82, 2.24) is 9.97 Å². The van der Waals surface area contributed by atoms with Gasteiger partial charge in [0.1, 0.15) is 5.75 Å². The summed E-state index contributed by atoms with van der Waals surface area (Å²) in [5, 5.41) is 12.0. The van der Waals surface area contributed by atoms with Crippen LogP contribution in [-0.4, -0.2) is 27.7 Å². The lowest BCUT2D eigenvalue weighted by Gasteiger charge is -2.11. The molecule has 0 saturated carbocycles. The summed E-state index contributed by atoms with van der Waals surface area (Å²) in [4.78, 5) is 19.5. The molecule has 32 heavy (non-hydrogen) atoms. The molecule has 0 aliphatic carbocycles. The summed E-state index contributed by atoms with van der Waals surface area (Å²) >= 11 is 0. The molecular formula is C25H24N4O3. The summed E-state index contributed by atoms with van der Waals surface area (Å²) in [6.45, 7) is 0.530. The minimum absolute atomic E-state index is 0.154. The highest BCUT2D eigenvalue weighted by atomic mass is 16.5. The van der Waals surface area contributed by atoms with Crippen molar-refractivity contribution in [3.8, 4) is 17.0 Å². The number of ether oxygens (including phenoxy) is 1. The molecule has 0 radical (unpaired) electrons. The minimum Gasteiger partial charge on any atom is -0.493 e. The number of para-hydroxylation sites is 2. The number of hydrogen-bond acceptors (Lipinski definition) is 5. The van der Waals surface area contributed by atoms with E-state index in [2.05, 4.69) is 20.8 Å². The van der Waals surface area contributed by atoms with Gasteiger partial charge < -0.3 is 15.0 Å². The Kier molecular flexibility index (Phi) is 6.79. The first kappa shape index (κ1) is 21.1. The van der Waals surface area contributed by atoms with Crippen LogP contribution in [0.2, 0.25) is 0 Å². The van der Waals surface area contributed by atoms with Crippen LogP contribution in [0.1, 0.15) is 11.1 Å². The predicted octanol–water partition coefficient (Wildman–Crippen LogP) is 4.68. The molecule has 0 aliphatic heterocycles. The van der Waals surface area contributed by atoms with Gasteiger partial charge in [-0.25, -0.2) is 4.98 Å². The van der Waals surface area contributed by atoms with Crippen LogP contribution in [0.3, 0.4) is 0 Å². The zero-order valence-electron chi connectivity index (χ0n) is 17.4. The van der Waals surface area contributed by atoms with Gasteiger partial charge in [0.2, 0.25) is 5.91 Å². The molecule has 0 atom stereocenters. The topological polar surface area (TPSA) is 99.3 Å². The molecule has 1 heterocycles. The van der Waals surface area contributed by atoms with E-state index < -0.39 is 0 Å². The van der Waals surface area contributed by atoms with Crippen LogP contribution >= 0.6 is 0 Å². The van der Waals surface area contributed by atoms with Crippen molar-refractivity contribution in [2.45, 2.75) is 12.8 Å². The Bertz CT molecular complexity index is 1160. The Labute approximate surface area is 186 Å². The SMILES string of the molecule is O=C(Cc1ccccc1NO)Nc1ccc(CCOc2ccccc2-c2cnc[nH]2)cc1. The lowest BCUT2D eigenvalue weighted by Crippen LogP contribution is -2.15. The van der Waals surface area contributed by atoms with Crippen molar-refractivity contribution in [1.29, 1.82) is 0 Å². The molecule has 7 heteroatoms. The number of aromatic nitrogens is 2. The van der Waals surface area contributed by atoms with Crippen molar-refractivity contribution in [3.63, 3.8) is 0 Å². The Morgan fingerprint density at radius 2 is 1.78 bits per heavy atom. The normalized spacial score (nSPS) is 10.5. The number of aromatic amines is 1. The summed E-state index contributed by atoms with van der Waals surface area (Å²) in [5.74, 6) is 0.650. The molecule has 162 valence electrons. The lowest BCUT2D eigenvalue weighted by molar-refractivity contribution is -0.115. The van der Waals surface area contributed by atoms with E-state index in [1.165, 1.54) is 0 Å². The number of anilines is 2. The van der Waals surface area contributed by atoms with Gasteiger partial charge in [-0.15, -0.1) is 0 Å². The number of nitrogens with zero attached hydrogens (tertiary/aromatic N) is 1. The monoisotopic (exact) mass is 428 g/mol. The van der Waals surface area contributed by atoms with Gasteiger partial charge in [-0.3, -0.25) is 15.5 Å². The zero-order chi connectivity index (χ0) is 22.2. The second-order valence-electron chi connectivity index (χ2n) is 7.25. The van der Waals surface area contributed by atoms with Gasteiger partial charge in [0.25, 0.3) is 0 Å². The molecule has 4 aromatic rings. The smallest absolute Gasteiger partial charge is 0.228 e. The van der Waals surface area contributed by atoms with Crippen LogP contribution in [0.4, 0.5) is 11.4 Å². The summed E-state index contributed by atoms with van der Waals surface area (Å²) in [6.07, 6.45) is 4.32. The van der Waals surface area contributed by atoms with Gasteiger partial charge in [0.05, 0.1) is 36.9 Å². The third-order valence-corrected chi connectivity index (χ3v) is 5.05. The molecule has 1 aromatic heterocycles. The van der Waals surface area contributed by atoms with Crippen LogP contribution in [0.25, 0.3) is 11.3 Å². The summed E-state index contributed by atoms with van der Waals surface area (Å²) in [5.41, 5.74) is 7.08. The average molecular weight is 428 g/mol. The number of carbonyl (C=O) groups is 1. The van der Waals surface area contributed by atoms with Crippen molar-refractivity contribution in [2.75, 3.05) is 17.4 Å². The molecule has 3 aromatic carbocycles. The highest BCUT2D eigenvalue weighted by Crippen LogP contribution is 2.28. The number of rotatable bonds is 9. The van der Waals surface area contributed by atoms with Gasteiger partial charge in [-0.05, 0) is 41.5 Å². The minimum atomic E-state index is -0.154. The second-order valence-corrected chi connectivity index (χ2v) is 7.25. The average Bonchev–Trinajstić information content (AvgIpc) is 3.36. The first-order valence-electron chi connectivity index (χ1n) is 10.3. The molecular weight excluding hydrogens is 404 g/mol. The first-order chi connectivity index (χ1) is 15.7. The Hall–Kier alpha value is -4.10. The molecule has 0 aliphatic rings. The largest absolute Gasteiger partial charge is 0.493 e. The number of H-pyrrole nitrogens is 1. The van der Waals surface area contributed by atoms with E-state index in [1.807, 2.05) is 54.6 Å². The molecule has 0 saturated heterocycles. The van der Waals surface area contributed by atoms with Crippen molar-refractivity contribution < 1.29 is 14.7 Å². The number of imidazole rings is 1. The highest BCUT2D eigenvalue weighted by Gasteiger charge is 2.09. The van der Waals surface area contributed by atoms with Crippen LogP contribution in [0, 0.1) is 0 Å². The number of amides is 1. The van der Waals surface area contributed by atoms with Crippen molar-refractivity contribution in [3.05, 3.63) is 96.4 Å². The first-order valence-corrected chi connectivity index (χ1v) is 10.3. The lowest BCUT2D eigenvalue weighted by atomic mass is 10.1. The zero-order valence-corrected chi connectivity index (χ0v) is 17.4. The van der Waals surface area contributed by atoms with Gasteiger partial charge >= 0.3 is 0 Å². The van der Waals surface area contributed by atoms with Crippen LogP contribution in [-0.2, 0) is 17.6 Å². The van der Waals surface area contributed by atoms with E-state index in [0.29, 0.717) is 12.3 Å². The Balaban J connectivity index is 1.30. The van der Waals surface area contributed by atoms with E-state index in [0.717, 1.165) is 40.2 Å². The highest BCUT2D eigenvalue weighted by molar-refractivity contribution is 5.93. The summed E-state index contributed by atoms with van der Waals surface area (Å²) < 4.78 is 6.00. The molecule has 7 nitrogen and oxygen atoms in total. The predicted molar refractivity (Wildman–Crippen MR) is 124 cm³/mol. The van der Waals surface area contributed by atoms with Gasteiger partial charge in [-0.1, -0.05) is 42.5 Å².